The molecule has 1 amide bonds. The first kappa shape index (κ1) is 26.2. The zero-order valence-electron chi connectivity index (χ0n) is 22.2. The van der Waals surface area contributed by atoms with Crippen molar-refractivity contribution in [1.29, 1.82) is 0 Å². The zero-order valence-corrected chi connectivity index (χ0v) is 22.2. The molecule has 1 aromatic heterocycles. The summed E-state index contributed by atoms with van der Waals surface area (Å²) in [6.45, 7) is 4.88. The molecule has 6 nitrogen and oxygen atoms in total. The molecular weight excluding hydrogens is 462 g/mol. The summed E-state index contributed by atoms with van der Waals surface area (Å²) in [7, 11) is 5.26. The standard InChI is InChI=1S/C31H35N3O3/c1-21(2)30(34(3)20-23-9-7-6-8-10-23)31(35)33-25-13-11-22(12-14-25)17-24-15-16-32-27-19-29(37-5)28(36-4)18-26(24)27/h6-16,18-19,21,30H,17,20H2,1-5H3,(H,33,35). The van der Waals surface area contributed by atoms with E-state index in [0.717, 1.165) is 34.1 Å². The summed E-state index contributed by atoms with van der Waals surface area (Å²) in [6, 6.07) is 23.9. The lowest BCUT2D eigenvalue weighted by molar-refractivity contribution is -0.122. The molecule has 1 heterocycles. The molecule has 192 valence electrons. The second-order valence-corrected chi connectivity index (χ2v) is 9.65. The van der Waals surface area contributed by atoms with Crippen molar-refractivity contribution in [2.75, 3.05) is 26.6 Å². The first-order valence-electron chi connectivity index (χ1n) is 12.5. The third kappa shape index (κ3) is 6.27. The first-order chi connectivity index (χ1) is 17.9. The number of anilines is 1. The minimum absolute atomic E-state index is 0.00218. The predicted molar refractivity (Wildman–Crippen MR) is 149 cm³/mol. The van der Waals surface area contributed by atoms with Crippen LogP contribution in [0.3, 0.4) is 0 Å². The Morgan fingerprint density at radius 2 is 1.59 bits per heavy atom. The molecule has 0 fully saturated rings. The van der Waals surface area contributed by atoms with Crippen LogP contribution in [0.1, 0.15) is 30.5 Å². The Labute approximate surface area is 219 Å². The van der Waals surface area contributed by atoms with Crippen molar-refractivity contribution in [3.8, 4) is 11.5 Å². The summed E-state index contributed by atoms with van der Waals surface area (Å²) in [6.07, 6.45) is 2.55. The third-order valence-corrected chi connectivity index (χ3v) is 6.60. The number of carbonyl (C=O) groups excluding carboxylic acids is 1. The average Bonchev–Trinajstić information content (AvgIpc) is 2.89. The van der Waals surface area contributed by atoms with Gasteiger partial charge >= 0.3 is 0 Å². The van der Waals surface area contributed by atoms with Crippen molar-refractivity contribution < 1.29 is 14.3 Å². The van der Waals surface area contributed by atoms with Crippen LogP contribution in [0.4, 0.5) is 5.69 Å². The summed E-state index contributed by atoms with van der Waals surface area (Å²) in [5.74, 6) is 1.51. The Balaban J connectivity index is 1.47. The molecule has 6 heteroatoms. The highest BCUT2D eigenvalue weighted by Crippen LogP contribution is 2.33. The van der Waals surface area contributed by atoms with E-state index >= 15 is 0 Å². The van der Waals surface area contributed by atoms with Crippen molar-refractivity contribution >= 4 is 22.5 Å². The van der Waals surface area contributed by atoms with Gasteiger partial charge in [0.15, 0.2) is 11.5 Å². The molecule has 4 aromatic rings. The Kier molecular flexibility index (Phi) is 8.41. The van der Waals surface area contributed by atoms with Crippen LogP contribution in [-0.2, 0) is 17.8 Å². The second kappa shape index (κ2) is 11.9. The van der Waals surface area contributed by atoms with Gasteiger partial charge in [0.25, 0.3) is 0 Å². The molecule has 1 unspecified atom stereocenters. The summed E-state index contributed by atoms with van der Waals surface area (Å²) >= 11 is 0. The molecule has 0 spiro atoms. The van der Waals surface area contributed by atoms with Gasteiger partial charge in [-0.05, 0) is 60.3 Å². The predicted octanol–water partition coefficient (Wildman–Crippen LogP) is 5.94. The Hall–Kier alpha value is -3.90. The molecule has 0 aliphatic rings. The number of rotatable bonds is 10. The van der Waals surface area contributed by atoms with Gasteiger partial charge in [-0.1, -0.05) is 56.3 Å². The number of aromatic nitrogens is 1. The molecule has 0 radical (unpaired) electrons. The number of benzene rings is 3. The van der Waals surface area contributed by atoms with E-state index in [1.165, 1.54) is 5.56 Å². The summed E-state index contributed by atoms with van der Waals surface area (Å²) in [5.41, 5.74) is 5.12. The molecule has 37 heavy (non-hydrogen) atoms. The lowest BCUT2D eigenvalue weighted by Crippen LogP contribution is -2.45. The molecule has 1 N–H and O–H groups in total. The maximum Gasteiger partial charge on any atom is 0.241 e. The number of hydrogen-bond donors (Lipinski definition) is 1. The Morgan fingerprint density at radius 3 is 2.24 bits per heavy atom. The Bertz CT molecular complexity index is 1340. The second-order valence-electron chi connectivity index (χ2n) is 9.65. The van der Waals surface area contributed by atoms with Gasteiger partial charge in [-0.3, -0.25) is 14.7 Å². The number of carbonyl (C=O) groups is 1. The normalized spacial score (nSPS) is 12.1. The van der Waals surface area contributed by atoms with E-state index in [2.05, 4.69) is 53.3 Å². The van der Waals surface area contributed by atoms with Crippen LogP contribution in [0.15, 0.2) is 79.0 Å². The number of likely N-dealkylation sites (N-methyl/N-ethyl adjacent to an activating group) is 1. The molecular formula is C31H35N3O3. The smallest absolute Gasteiger partial charge is 0.241 e. The van der Waals surface area contributed by atoms with Crippen LogP contribution >= 0.6 is 0 Å². The van der Waals surface area contributed by atoms with Gasteiger partial charge in [0, 0.05) is 29.9 Å². The van der Waals surface area contributed by atoms with Gasteiger partial charge in [-0.15, -0.1) is 0 Å². The van der Waals surface area contributed by atoms with Gasteiger partial charge in [0.2, 0.25) is 5.91 Å². The number of nitrogens with one attached hydrogen (secondary N) is 1. The minimum atomic E-state index is -0.241. The van der Waals surface area contributed by atoms with E-state index in [0.29, 0.717) is 18.0 Å². The van der Waals surface area contributed by atoms with E-state index in [1.807, 2.05) is 61.8 Å². The number of fused-ring (bicyclic) bond motifs is 1. The van der Waals surface area contributed by atoms with E-state index in [9.17, 15) is 4.79 Å². The van der Waals surface area contributed by atoms with E-state index in [-0.39, 0.29) is 17.9 Å². The van der Waals surface area contributed by atoms with E-state index in [4.69, 9.17) is 9.47 Å². The highest BCUT2D eigenvalue weighted by Gasteiger charge is 2.26. The van der Waals surface area contributed by atoms with Gasteiger partial charge in [0.1, 0.15) is 0 Å². The topological polar surface area (TPSA) is 63.7 Å². The van der Waals surface area contributed by atoms with E-state index < -0.39 is 0 Å². The number of methoxy groups -OCH3 is 2. The van der Waals surface area contributed by atoms with Crippen molar-refractivity contribution in [2.24, 2.45) is 5.92 Å². The van der Waals surface area contributed by atoms with Crippen LogP contribution in [0.5, 0.6) is 11.5 Å². The van der Waals surface area contributed by atoms with Crippen LogP contribution in [0.25, 0.3) is 10.9 Å². The molecule has 0 aliphatic carbocycles. The van der Waals surface area contributed by atoms with Gasteiger partial charge < -0.3 is 14.8 Å². The van der Waals surface area contributed by atoms with Gasteiger partial charge in [-0.2, -0.15) is 0 Å². The third-order valence-electron chi connectivity index (χ3n) is 6.60. The van der Waals surface area contributed by atoms with Gasteiger partial charge in [0.05, 0.1) is 25.8 Å². The molecule has 0 bridgehead atoms. The number of pyridine rings is 1. The zero-order chi connectivity index (χ0) is 26.4. The SMILES string of the molecule is COc1cc2nccc(Cc3ccc(NC(=O)C(C(C)C)N(C)Cc4ccccc4)cc3)c2cc1OC. The Morgan fingerprint density at radius 1 is 0.919 bits per heavy atom. The highest BCUT2D eigenvalue weighted by molar-refractivity contribution is 5.95. The van der Waals surface area contributed by atoms with Gasteiger partial charge in [-0.25, -0.2) is 0 Å². The van der Waals surface area contributed by atoms with Crippen LogP contribution in [-0.4, -0.2) is 43.1 Å². The maximum absolute atomic E-state index is 13.2. The number of nitrogens with zero attached hydrogens (tertiary/aromatic N) is 2. The fourth-order valence-electron chi connectivity index (χ4n) is 4.81. The average molecular weight is 498 g/mol. The number of hydrogen-bond acceptors (Lipinski definition) is 5. The molecule has 4 rings (SSSR count). The quantitative estimate of drug-likeness (QED) is 0.294. The highest BCUT2D eigenvalue weighted by atomic mass is 16.5. The molecule has 3 aromatic carbocycles. The van der Waals surface area contributed by atoms with Crippen molar-refractivity contribution in [3.05, 3.63) is 95.7 Å². The van der Waals surface area contributed by atoms with Crippen molar-refractivity contribution in [3.63, 3.8) is 0 Å². The molecule has 0 saturated heterocycles. The van der Waals surface area contributed by atoms with Crippen LogP contribution < -0.4 is 14.8 Å². The van der Waals surface area contributed by atoms with Crippen LogP contribution in [0.2, 0.25) is 0 Å². The molecule has 0 aliphatic heterocycles. The summed E-state index contributed by atoms with van der Waals surface area (Å²) in [4.78, 5) is 19.9. The van der Waals surface area contributed by atoms with Crippen LogP contribution in [0, 0.1) is 5.92 Å². The lowest BCUT2D eigenvalue weighted by atomic mass is 10.00. The maximum atomic E-state index is 13.2. The first-order valence-corrected chi connectivity index (χ1v) is 12.5. The lowest BCUT2D eigenvalue weighted by Gasteiger charge is -2.30. The minimum Gasteiger partial charge on any atom is -0.493 e. The largest absolute Gasteiger partial charge is 0.493 e. The molecule has 1 atom stereocenters. The monoisotopic (exact) mass is 497 g/mol. The van der Waals surface area contributed by atoms with Crippen molar-refractivity contribution in [1.82, 2.24) is 9.88 Å². The van der Waals surface area contributed by atoms with E-state index in [1.54, 1.807) is 14.2 Å². The fraction of sp³-hybridized carbons (Fsp3) is 0.290. The summed E-state index contributed by atoms with van der Waals surface area (Å²) < 4.78 is 10.9. The fourth-order valence-corrected chi connectivity index (χ4v) is 4.81. The number of amides is 1. The van der Waals surface area contributed by atoms with Crippen molar-refractivity contribution in [2.45, 2.75) is 32.9 Å². The summed E-state index contributed by atoms with van der Waals surface area (Å²) in [5, 5.41) is 4.14. The number of ether oxygens (including phenoxy) is 2. The molecule has 0 saturated carbocycles.